The molecule has 0 fully saturated rings. The highest BCUT2D eigenvalue weighted by molar-refractivity contribution is 5.84. The molecule has 0 aliphatic carbocycles. The van der Waals surface area contributed by atoms with Crippen LogP contribution in [0.15, 0.2) is 52.9 Å². The van der Waals surface area contributed by atoms with Gasteiger partial charge in [0, 0.05) is 6.42 Å². The van der Waals surface area contributed by atoms with Crippen molar-refractivity contribution < 1.29 is 4.42 Å². The van der Waals surface area contributed by atoms with Crippen molar-refractivity contribution in [2.75, 3.05) is 5.73 Å². The van der Waals surface area contributed by atoms with E-state index in [0.717, 1.165) is 5.52 Å². The van der Waals surface area contributed by atoms with Gasteiger partial charge in [-0.25, -0.2) is 4.98 Å². The molecule has 17 heavy (non-hydrogen) atoms. The van der Waals surface area contributed by atoms with E-state index < -0.39 is 0 Å². The lowest BCUT2D eigenvalue weighted by molar-refractivity contribution is 0.545. The first-order valence-corrected chi connectivity index (χ1v) is 5.51. The monoisotopic (exact) mass is 224 g/mol. The Bertz CT molecular complexity index is 644. The molecule has 0 radical (unpaired) electrons. The van der Waals surface area contributed by atoms with Gasteiger partial charge in [-0.2, -0.15) is 0 Å². The van der Waals surface area contributed by atoms with Crippen molar-refractivity contribution >= 4 is 16.8 Å². The van der Waals surface area contributed by atoms with Gasteiger partial charge in [0.1, 0.15) is 5.52 Å². The lowest BCUT2D eigenvalue weighted by atomic mass is 10.1. The number of hydrogen-bond donors (Lipinski definition) is 1. The standard InChI is InChI=1S/C14H12N2O/c15-11-7-4-8-12-14(11)17-13(16-12)9-10-5-2-1-3-6-10/h1-8H,9,15H2. The molecule has 3 rings (SSSR count). The summed E-state index contributed by atoms with van der Waals surface area (Å²) >= 11 is 0. The van der Waals surface area contributed by atoms with Crippen molar-refractivity contribution in [3.8, 4) is 0 Å². The minimum absolute atomic E-state index is 0.634. The third kappa shape index (κ3) is 1.87. The first kappa shape index (κ1) is 9.90. The maximum absolute atomic E-state index is 5.83. The fraction of sp³-hybridized carbons (Fsp3) is 0.0714. The summed E-state index contributed by atoms with van der Waals surface area (Å²) in [7, 11) is 0. The number of rotatable bonds is 2. The van der Waals surface area contributed by atoms with E-state index in [1.807, 2.05) is 36.4 Å². The van der Waals surface area contributed by atoms with Crippen molar-refractivity contribution in [3.63, 3.8) is 0 Å². The highest BCUT2D eigenvalue weighted by Gasteiger charge is 2.08. The number of fused-ring (bicyclic) bond motifs is 1. The van der Waals surface area contributed by atoms with Gasteiger partial charge in [0.15, 0.2) is 11.5 Å². The minimum Gasteiger partial charge on any atom is -0.438 e. The zero-order valence-electron chi connectivity index (χ0n) is 9.26. The normalized spacial score (nSPS) is 10.8. The second kappa shape index (κ2) is 3.94. The largest absolute Gasteiger partial charge is 0.438 e. The molecule has 2 N–H and O–H groups in total. The van der Waals surface area contributed by atoms with Gasteiger partial charge in [0.2, 0.25) is 0 Å². The van der Waals surface area contributed by atoms with Crippen molar-refractivity contribution in [2.45, 2.75) is 6.42 Å². The Kier molecular flexibility index (Phi) is 2.29. The molecule has 0 spiro atoms. The topological polar surface area (TPSA) is 52.0 Å². The number of anilines is 1. The first-order valence-electron chi connectivity index (χ1n) is 5.51. The van der Waals surface area contributed by atoms with E-state index >= 15 is 0 Å². The molecule has 3 aromatic rings. The number of nitrogens with two attached hydrogens (primary N) is 1. The molecule has 0 bridgehead atoms. The molecular weight excluding hydrogens is 212 g/mol. The van der Waals surface area contributed by atoms with Crippen molar-refractivity contribution in [1.29, 1.82) is 0 Å². The zero-order valence-corrected chi connectivity index (χ0v) is 9.26. The smallest absolute Gasteiger partial charge is 0.200 e. The third-order valence-corrected chi connectivity index (χ3v) is 2.69. The average molecular weight is 224 g/mol. The molecule has 1 aromatic heterocycles. The van der Waals surface area contributed by atoms with Gasteiger partial charge in [-0.1, -0.05) is 36.4 Å². The molecule has 0 aliphatic rings. The van der Waals surface area contributed by atoms with E-state index in [0.29, 0.717) is 23.6 Å². The molecule has 3 heteroatoms. The number of aromatic nitrogens is 1. The van der Waals surface area contributed by atoms with Gasteiger partial charge in [0.25, 0.3) is 0 Å². The number of hydrogen-bond acceptors (Lipinski definition) is 3. The van der Waals surface area contributed by atoms with E-state index in [1.54, 1.807) is 0 Å². The van der Waals surface area contributed by atoms with Crippen LogP contribution in [0.25, 0.3) is 11.1 Å². The van der Waals surface area contributed by atoms with Crippen LogP contribution in [0.2, 0.25) is 0 Å². The second-order valence-electron chi connectivity index (χ2n) is 3.97. The molecular formula is C14H12N2O. The summed E-state index contributed by atoms with van der Waals surface area (Å²) in [6.45, 7) is 0. The molecule has 84 valence electrons. The number of benzene rings is 2. The van der Waals surface area contributed by atoms with Gasteiger partial charge in [-0.15, -0.1) is 0 Å². The van der Waals surface area contributed by atoms with Crippen molar-refractivity contribution in [1.82, 2.24) is 4.98 Å². The molecule has 0 aliphatic heterocycles. The van der Waals surface area contributed by atoms with Gasteiger partial charge < -0.3 is 10.2 Å². The predicted molar refractivity (Wildman–Crippen MR) is 67.7 cm³/mol. The maximum atomic E-state index is 5.83. The molecule has 0 unspecified atom stereocenters. The van der Waals surface area contributed by atoms with Gasteiger partial charge in [0.05, 0.1) is 5.69 Å². The summed E-state index contributed by atoms with van der Waals surface area (Å²) in [6.07, 6.45) is 0.689. The van der Waals surface area contributed by atoms with Crippen LogP contribution in [0.1, 0.15) is 11.5 Å². The molecule has 0 saturated carbocycles. The van der Waals surface area contributed by atoms with E-state index in [-0.39, 0.29) is 0 Å². The van der Waals surface area contributed by atoms with Crippen molar-refractivity contribution in [3.05, 3.63) is 60.0 Å². The molecule has 3 nitrogen and oxygen atoms in total. The summed E-state index contributed by atoms with van der Waals surface area (Å²) in [5.74, 6) is 0.698. The van der Waals surface area contributed by atoms with Crippen molar-refractivity contribution in [2.24, 2.45) is 0 Å². The fourth-order valence-corrected chi connectivity index (χ4v) is 1.86. The van der Waals surface area contributed by atoms with Crippen LogP contribution in [-0.4, -0.2) is 4.98 Å². The Morgan fingerprint density at radius 1 is 1.00 bits per heavy atom. The van der Waals surface area contributed by atoms with E-state index in [1.165, 1.54) is 5.56 Å². The SMILES string of the molecule is Nc1cccc2nc(Cc3ccccc3)oc12. The van der Waals surface area contributed by atoms with Crippen LogP contribution in [-0.2, 0) is 6.42 Å². The van der Waals surface area contributed by atoms with Gasteiger partial charge >= 0.3 is 0 Å². The summed E-state index contributed by atoms with van der Waals surface area (Å²) in [6, 6.07) is 15.7. The average Bonchev–Trinajstić information content (AvgIpc) is 2.74. The maximum Gasteiger partial charge on any atom is 0.200 e. The highest BCUT2D eigenvalue weighted by Crippen LogP contribution is 2.22. The molecule has 2 aromatic carbocycles. The Labute approximate surface area is 98.9 Å². The summed E-state index contributed by atoms with van der Waals surface area (Å²) in [4.78, 5) is 4.42. The van der Waals surface area contributed by atoms with Crippen LogP contribution in [0.3, 0.4) is 0 Å². The number of oxazole rings is 1. The number of para-hydroxylation sites is 1. The fourth-order valence-electron chi connectivity index (χ4n) is 1.86. The van der Waals surface area contributed by atoms with Crippen LogP contribution in [0, 0.1) is 0 Å². The third-order valence-electron chi connectivity index (χ3n) is 2.69. The van der Waals surface area contributed by atoms with E-state index in [9.17, 15) is 0 Å². The Balaban J connectivity index is 1.99. The van der Waals surface area contributed by atoms with E-state index in [4.69, 9.17) is 10.2 Å². The predicted octanol–water partition coefficient (Wildman–Crippen LogP) is 3.00. The number of nitrogens with zero attached hydrogens (tertiary/aromatic N) is 1. The summed E-state index contributed by atoms with van der Waals surface area (Å²) in [5.41, 5.74) is 9.14. The Morgan fingerprint density at radius 2 is 1.82 bits per heavy atom. The first-order chi connectivity index (χ1) is 8.33. The molecule has 0 atom stereocenters. The molecule has 1 heterocycles. The Hall–Kier alpha value is -2.29. The van der Waals surface area contributed by atoms with E-state index in [2.05, 4.69) is 17.1 Å². The Morgan fingerprint density at radius 3 is 2.59 bits per heavy atom. The van der Waals surface area contributed by atoms with Gasteiger partial charge in [-0.3, -0.25) is 0 Å². The quantitative estimate of drug-likeness (QED) is 0.681. The minimum atomic E-state index is 0.634. The summed E-state index contributed by atoms with van der Waals surface area (Å²) in [5, 5.41) is 0. The van der Waals surface area contributed by atoms with Crippen LogP contribution in [0.5, 0.6) is 0 Å². The number of nitrogen functional groups attached to an aromatic ring is 1. The van der Waals surface area contributed by atoms with Crippen LogP contribution >= 0.6 is 0 Å². The van der Waals surface area contributed by atoms with Crippen LogP contribution in [0.4, 0.5) is 5.69 Å². The second-order valence-corrected chi connectivity index (χ2v) is 3.97. The van der Waals surface area contributed by atoms with Gasteiger partial charge in [-0.05, 0) is 17.7 Å². The summed E-state index contributed by atoms with van der Waals surface area (Å²) < 4.78 is 5.67. The molecule has 0 amide bonds. The lowest BCUT2D eigenvalue weighted by Crippen LogP contribution is -1.86. The molecule has 0 saturated heterocycles. The highest BCUT2D eigenvalue weighted by atomic mass is 16.3. The van der Waals surface area contributed by atoms with Crippen LogP contribution < -0.4 is 5.73 Å². The lowest BCUT2D eigenvalue weighted by Gasteiger charge is -1.95. The zero-order chi connectivity index (χ0) is 11.7.